The lowest BCUT2D eigenvalue weighted by atomic mass is 10.5. The fourth-order valence-electron chi connectivity index (χ4n) is 0.772. The highest BCUT2D eigenvalue weighted by molar-refractivity contribution is 4.97. The van der Waals surface area contributed by atoms with Crippen LogP contribution in [0, 0.1) is 19.3 Å². The van der Waals surface area contributed by atoms with Gasteiger partial charge in [0, 0.05) is 11.8 Å². The van der Waals surface area contributed by atoms with Crippen molar-refractivity contribution in [2.24, 2.45) is 0 Å². The van der Waals surface area contributed by atoms with Crippen molar-refractivity contribution in [2.45, 2.75) is 13.5 Å². The normalized spacial score (nSPS) is 9.20. The standard InChI is InChI=1S/C7H8N2O/c1-3-4-9-7(10)5-6(2)8-9/h1,5,8H,4H2,2H3. The first-order valence-corrected chi connectivity index (χ1v) is 2.94. The molecule has 0 aliphatic carbocycles. The van der Waals surface area contributed by atoms with Crippen molar-refractivity contribution in [3.05, 3.63) is 22.1 Å². The van der Waals surface area contributed by atoms with E-state index in [9.17, 15) is 4.79 Å². The van der Waals surface area contributed by atoms with Crippen LogP contribution in [0.2, 0.25) is 0 Å². The van der Waals surface area contributed by atoms with E-state index in [2.05, 4.69) is 11.0 Å². The molecule has 10 heavy (non-hydrogen) atoms. The molecule has 3 heteroatoms. The fraction of sp³-hybridized carbons (Fsp3) is 0.286. The second kappa shape index (κ2) is 2.44. The van der Waals surface area contributed by atoms with Gasteiger partial charge in [-0.25, -0.2) is 4.68 Å². The number of aromatic nitrogens is 2. The van der Waals surface area contributed by atoms with Crippen molar-refractivity contribution in [3.63, 3.8) is 0 Å². The highest BCUT2D eigenvalue weighted by atomic mass is 16.1. The van der Waals surface area contributed by atoms with Gasteiger partial charge in [-0.3, -0.25) is 9.89 Å². The van der Waals surface area contributed by atoms with Crippen LogP contribution in [0.4, 0.5) is 0 Å². The number of nitrogens with zero attached hydrogens (tertiary/aromatic N) is 1. The van der Waals surface area contributed by atoms with E-state index in [0.29, 0.717) is 6.54 Å². The van der Waals surface area contributed by atoms with Gasteiger partial charge < -0.3 is 0 Å². The monoisotopic (exact) mass is 136 g/mol. The maximum absolute atomic E-state index is 10.9. The molecule has 0 unspecified atom stereocenters. The molecule has 52 valence electrons. The van der Waals surface area contributed by atoms with E-state index < -0.39 is 0 Å². The highest BCUT2D eigenvalue weighted by Gasteiger charge is 1.94. The highest BCUT2D eigenvalue weighted by Crippen LogP contribution is 1.83. The molecular weight excluding hydrogens is 128 g/mol. The third-order valence-corrected chi connectivity index (χ3v) is 1.17. The zero-order valence-corrected chi connectivity index (χ0v) is 5.72. The first-order chi connectivity index (χ1) is 4.74. The Hall–Kier alpha value is -1.43. The zero-order chi connectivity index (χ0) is 7.56. The van der Waals surface area contributed by atoms with Gasteiger partial charge in [-0.1, -0.05) is 5.92 Å². The van der Waals surface area contributed by atoms with Gasteiger partial charge in [0.05, 0.1) is 0 Å². The maximum atomic E-state index is 10.9. The second-order valence-corrected chi connectivity index (χ2v) is 2.07. The molecule has 3 nitrogen and oxygen atoms in total. The summed E-state index contributed by atoms with van der Waals surface area (Å²) in [6, 6.07) is 1.51. The third kappa shape index (κ3) is 1.11. The van der Waals surface area contributed by atoms with Gasteiger partial charge in [0.15, 0.2) is 0 Å². The molecule has 1 rings (SSSR count). The molecule has 0 aliphatic heterocycles. The molecule has 0 aromatic carbocycles. The second-order valence-electron chi connectivity index (χ2n) is 2.07. The van der Waals surface area contributed by atoms with Crippen molar-refractivity contribution in [3.8, 4) is 12.3 Å². The number of H-pyrrole nitrogens is 1. The van der Waals surface area contributed by atoms with Crippen LogP contribution in [0.1, 0.15) is 5.69 Å². The molecule has 0 bridgehead atoms. The van der Waals surface area contributed by atoms with Crippen molar-refractivity contribution in [2.75, 3.05) is 0 Å². The van der Waals surface area contributed by atoms with Crippen LogP contribution in [0.5, 0.6) is 0 Å². The average Bonchev–Trinajstić information content (AvgIpc) is 2.13. The number of nitrogens with one attached hydrogen (secondary N) is 1. The Kier molecular flexibility index (Phi) is 1.63. The Morgan fingerprint density at radius 2 is 2.60 bits per heavy atom. The van der Waals surface area contributed by atoms with E-state index in [-0.39, 0.29) is 5.56 Å². The van der Waals surface area contributed by atoms with Crippen molar-refractivity contribution >= 4 is 0 Å². The molecule has 0 amide bonds. The molecule has 0 atom stereocenters. The van der Waals surface area contributed by atoms with Crippen LogP contribution < -0.4 is 5.56 Å². The molecular formula is C7H8N2O. The smallest absolute Gasteiger partial charge is 0.267 e. The Bertz CT molecular complexity index is 313. The van der Waals surface area contributed by atoms with E-state index in [4.69, 9.17) is 6.42 Å². The van der Waals surface area contributed by atoms with Crippen molar-refractivity contribution < 1.29 is 0 Å². The Morgan fingerprint density at radius 1 is 1.90 bits per heavy atom. The quantitative estimate of drug-likeness (QED) is 0.547. The predicted octanol–water partition coefficient (Wildman–Crippen LogP) is 0.118. The Morgan fingerprint density at radius 3 is 3.00 bits per heavy atom. The number of aromatic amines is 1. The first kappa shape index (κ1) is 6.69. The summed E-state index contributed by atoms with van der Waals surface area (Å²) in [7, 11) is 0. The van der Waals surface area contributed by atoms with Crippen LogP contribution >= 0.6 is 0 Å². The summed E-state index contributed by atoms with van der Waals surface area (Å²) < 4.78 is 1.38. The molecule has 0 aliphatic rings. The molecule has 0 saturated heterocycles. The summed E-state index contributed by atoms with van der Waals surface area (Å²) in [4.78, 5) is 10.9. The summed E-state index contributed by atoms with van der Waals surface area (Å²) >= 11 is 0. The summed E-state index contributed by atoms with van der Waals surface area (Å²) in [5.74, 6) is 2.37. The van der Waals surface area contributed by atoms with Gasteiger partial charge in [0.25, 0.3) is 5.56 Å². The van der Waals surface area contributed by atoms with E-state index in [0.717, 1.165) is 5.69 Å². The lowest BCUT2D eigenvalue weighted by Gasteiger charge is -1.90. The number of rotatable bonds is 1. The first-order valence-electron chi connectivity index (χ1n) is 2.94. The minimum atomic E-state index is -0.0737. The van der Waals surface area contributed by atoms with Crippen LogP contribution in [0.15, 0.2) is 10.9 Å². The lowest BCUT2D eigenvalue weighted by molar-refractivity contribution is 0.683. The SMILES string of the molecule is C#CCn1[nH]c(C)cc1=O. The summed E-state index contributed by atoms with van der Waals surface area (Å²) in [5, 5.41) is 2.81. The molecule has 1 aromatic rings. The molecule has 0 saturated carbocycles. The number of hydrogen-bond donors (Lipinski definition) is 1. The fourth-order valence-corrected chi connectivity index (χ4v) is 0.772. The van der Waals surface area contributed by atoms with Crippen molar-refractivity contribution in [1.29, 1.82) is 0 Å². The lowest BCUT2D eigenvalue weighted by Crippen LogP contribution is -2.14. The zero-order valence-electron chi connectivity index (χ0n) is 5.72. The Balaban J connectivity index is 3.06. The van der Waals surface area contributed by atoms with E-state index in [1.165, 1.54) is 10.7 Å². The van der Waals surface area contributed by atoms with Crippen LogP contribution in [0.25, 0.3) is 0 Å². The van der Waals surface area contributed by atoms with E-state index in [1.807, 2.05) is 6.92 Å². The largest absolute Gasteiger partial charge is 0.299 e. The molecule has 0 spiro atoms. The topological polar surface area (TPSA) is 37.8 Å². The summed E-state index contributed by atoms with van der Waals surface area (Å²) in [6.07, 6.45) is 5.01. The molecule has 0 radical (unpaired) electrons. The summed E-state index contributed by atoms with van der Waals surface area (Å²) in [5.41, 5.74) is 0.760. The van der Waals surface area contributed by atoms with Gasteiger partial charge in [-0.15, -0.1) is 6.42 Å². The number of hydrogen-bond acceptors (Lipinski definition) is 1. The van der Waals surface area contributed by atoms with E-state index >= 15 is 0 Å². The minimum absolute atomic E-state index is 0.0737. The van der Waals surface area contributed by atoms with Crippen LogP contribution in [-0.4, -0.2) is 9.78 Å². The van der Waals surface area contributed by atoms with Gasteiger partial charge in [0.2, 0.25) is 0 Å². The number of terminal acetylenes is 1. The van der Waals surface area contributed by atoms with E-state index in [1.54, 1.807) is 0 Å². The predicted molar refractivity (Wildman–Crippen MR) is 38.6 cm³/mol. The molecule has 1 aromatic heterocycles. The van der Waals surface area contributed by atoms with Gasteiger partial charge in [0.1, 0.15) is 6.54 Å². The van der Waals surface area contributed by atoms with Gasteiger partial charge in [-0.05, 0) is 6.92 Å². The maximum Gasteiger partial charge on any atom is 0.267 e. The molecule has 0 fully saturated rings. The average molecular weight is 136 g/mol. The number of aryl methyl sites for hydroxylation is 1. The van der Waals surface area contributed by atoms with Gasteiger partial charge >= 0.3 is 0 Å². The van der Waals surface area contributed by atoms with Gasteiger partial charge in [-0.2, -0.15) is 0 Å². The minimum Gasteiger partial charge on any atom is -0.299 e. The van der Waals surface area contributed by atoms with Crippen LogP contribution in [0.3, 0.4) is 0 Å². The third-order valence-electron chi connectivity index (χ3n) is 1.17. The summed E-state index contributed by atoms with van der Waals surface area (Å²) in [6.45, 7) is 2.13. The molecule has 1 N–H and O–H groups in total. The van der Waals surface area contributed by atoms with Crippen LogP contribution in [-0.2, 0) is 6.54 Å². The Labute approximate surface area is 58.7 Å². The van der Waals surface area contributed by atoms with Crippen molar-refractivity contribution in [1.82, 2.24) is 9.78 Å². The molecule has 1 heterocycles.